The SMILES string of the molecule is CCOc1ccc(N=c2scc(-c3ccc(Cl)s3)n2CCc2ccccc2)cc1. The first-order chi connectivity index (χ1) is 14.2. The highest BCUT2D eigenvalue weighted by atomic mass is 35.5. The summed E-state index contributed by atoms with van der Waals surface area (Å²) in [7, 11) is 0. The van der Waals surface area contributed by atoms with Gasteiger partial charge in [-0.05, 0) is 55.3 Å². The van der Waals surface area contributed by atoms with Crippen LogP contribution in [0.25, 0.3) is 10.6 Å². The Kier molecular flexibility index (Phi) is 6.49. The molecule has 0 atom stereocenters. The predicted molar refractivity (Wildman–Crippen MR) is 124 cm³/mol. The van der Waals surface area contributed by atoms with Crippen LogP contribution in [0.3, 0.4) is 0 Å². The van der Waals surface area contributed by atoms with E-state index in [9.17, 15) is 0 Å². The summed E-state index contributed by atoms with van der Waals surface area (Å²) in [5.41, 5.74) is 3.39. The first-order valence-corrected chi connectivity index (χ1v) is 11.6. The van der Waals surface area contributed by atoms with Crippen molar-refractivity contribution < 1.29 is 4.74 Å². The number of hydrogen-bond donors (Lipinski definition) is 0. The molecule has 0 saturated heterocycles. The smallest absolute Gasteiger partial charge is 0.190 e. The zero-order chi connectivity index (χ0) is 20.1. The maximum Gasteiger partial charge on any atom is 0.190 e. The minimum Gasteiger partial charge on any atom is -0.494 e. The van der Waals surface area contributed by atoms with Gasteiger partial charge in [-0.3, -0.25) is 0 Å². The second kappa shape index (κ2) is 9.44. The Morgan fingerprint density at radius 2 is 1.79 bits per heavy atom. The molecule has 4 rings (SSSR count). The molecular weight excluding hydrogens is 420 g/mol. The summed E-state index contributed by atoms with van der Waals surface area (Å²) in [5.74, 6) is 0.864. The first kappa shape index (κ1) is 20.0. The fourth-order valence-corrected chi connectivity index (χ4v) is 5.15. The standard InChI is InChI=1S/C23H21ClN2OS2/c1-2-27-19-10-8-18(9-11-19)25-23-26(15-14-17-6-4-3-5-7-17)20(16-28-23)21-12-13-22(24)29-21/h3-13,16H,2,14-15H2,1H3. The average Bonchev–Trinajstić information content (AvgIpc) is 3.35. The lowest BCUT2D eigenvalue weighted by Crippen LogP contribution is -2.17. The second-order valence-corrected chi connectivity index (χ2v) is 8.98. The second-order valence-electron chi connectivity index (χ2n) is 6.43. The predicted octanol–water partition coefficient (Wildman–Crippen LogP) is 6.81. The van der Waals surface area contributed by atoms with Crippen molar-refractivity contribution in [2.45, 2.75) is 19.9 Å². The van der Waals surface area contributed by atoms with Gasteiger partial charge in [-0.25, -0.2) is 4.99 Å². The lowest BCUT2D eigenvalue weighted by atomic mass is 10.1. The molecular formula is C23H21ClN2OS2. The van der Waals surface area contributed by atoms with Crippen LogP contribution in [0.15, 0.2) is 77.1 Å². The van der Waals surface area contributed by atoms with Crippen molar-refractivity contribution in [3.8, 4) is 16.3 Å². The molecule has 3 nitrogen and oxygen atoms in total. The van der Waals surface area contributed by atoms with Crippen molar-refractivity contribution in [3.05, 3.63) is 86.8 Å². The van der Waals surface area contributed by atoms with Crippen molar-refractivity contribution in [1.82, 2.24) is 4.57 Å². The molecule has 6 heteroatoms. The van der Waals surface area contributed by atoms with Gasteiger partial charge in [0.1, 0.15) is 5.75 Å². The molecule has 0 unspecified atom stereocenters. The fourth-order valence-electron chi connectivity index (χ4n) is 3.06. The van der Waals surface area contributed by atoms with Crippen molar-refractivity contribution >= 4 is 40.0 Å². The zero-order valence-electron chi connectivity index (χ0n) is 16.0. The van der Waals surface area contributed by atoms with Crippen LogP contribution in [0.4, 0.5) is 5.69 Å². The largest absolute Gasteiger partial charge is 0.494 e. The molecule has 0 aliphatic carbocycles. The number of ether oxygens (including phenoxy) is 1. The van der Waals surface area contributed by atoms with Crippen LogP contribution in [0.2, 0.25) is 4.34 Å². The summed E-state index contributed by atoms with van der Waals surface area (Å²) in [6, 6.07) is 22.5. The summed E-state index contributed by atoms with van der Waals surface area (Å²) in [4.78, 5) is 7.04. The molecule has 0 N–H and O–H groups in total. The van der Waals surface area contributed by atoms with E-state index in [0.717, 1.165) is 44.1 Å². The number of aromatic nitrogens is 1. The third kappa shape index (κ3) is 4.99. The van der Waals surface area contributed by atoms with E-state index >= 15 is 0 Å². The molecule has 148 valence electrons. The third-order valence-electron chi connectivity index (χ3n) is 4.46. The van der Waals surface area contributed by atoms with Crippen molar-refractivity contribution in [2.75, 3.05) is 6.61 Å². The molecule has 2 heterocycles. The van der Waals surface area contributed by atoms with Gasteiger partial charge in [-0.15, -0.1) is 22.7 Å². The quantitative estimate of drug-likeness (QED) is 0.310. The topological polar surface area (TPSA) is 26.5 Å². The Hall–Kier alpha value is -2.34. The number of aryl methyl sites for hydroxylation is 1. The highest BCUT2D eigenvalue weighted by Crippen LogP contribution is 2.31. The molecule has 29 heavy (non-hydrogen) atoms. The molecule has 0 aliphatic heterocycles. The fraction of sp³-hybridized carbons (Fsp3) is 0.174. The number of benzene rings is 2. The molecule has 0 amide bonds. The lowest BCUT2D eigenvalue weighted by Gasteiger charge is -2.08. The zero-order valence-corrected chi connectivity index (χ0v) is 18.4. The average molecular weight is 441 g/mol. The first-order valence-electron chi connectivity index (χ1n) is 9.48. The van der Waals surface area contributed by atoms with Crippen molar-refractivity contribution in [3.63, 3.8) is 0 Å². The van der Waals surface area contributed by atoms with Crippen LogP contribution in [0.5, 0.6) is 5.75 Å². The number of hydrogen-bond acceptors (Lipinski definition) is 4. The number of nitrogens with zero attached hydrogens (tertiary/aromatic N) is 2. The van der Waals surface area contributed by atoms with Gasteiger partial charge in [-0.2, -0.15) is 0 Å². The number of thiazole rings is 1. The minimum atomic E-state index is 0.660. The summed E-state index contributed by atoms with van der Waals surface area (Å²) in [6.45, 7) is 3.50. The molecule has 2 aromatic heterocycles. The highest BCUT2D eigenvalue weighted by Gasteiger charge is 2.11. The van der Waals surface area contributed by atoms with E-state index in [-0.39, 0.29) is 0 Å². The number of halogens is 1. The van der Waals surface area contributed by atoms with Gasteiger partial charge >= 0.3 is 0 Å². The van der Waals surface area contributed by atoms with Crippen molar-refractivity contribution in [1.29, 1.82) is 0 Å². The Balaban J connectivity index is 1.69. The summed E-state index contributed by atoms with van der Waals surface area (Å²) in [5, 5.41) is 2.17. The van der Waals surface area contributed by atoms with Crippen LogP contribution in [0, 0.1) is 0 Å². The summed E-state index contributed by atoms with van der Waals surface area (Å²) < 4.78 is 8.62. The van der Waals surface area contributed by atoms with E-state index in [0.29, 0.717) is 6.61 Å². The van der Waals surface area contributed by atoms with E-state index in [4.69, 9.17) is 21.3 Å². The highest BCUT2D eigenvalue weighted by molar-refractivity contribution is 7.19. The monoisotopic (exact) mass is 440 g/mol. The number of rotatable bonds is 7. The van der Waals surface area contributed by atoms with E-state index in [1.807, 2.05) is 43.3 Å². The molecule has 0 fully saturated rings. The Labute approximate surface area is 183 Å². The molecule has 0 spiro atoms. The molecule has 2 aromatic carbocycles. The van der Waals surface area contributed by atoms with E-state index in [1.54, 1.807) is 22.7 Å². The van der Waals surface area contributed by atoms with Gasteiger partial charge in [0.2, 0.25) is 0 Å². The van der Waals surface area contributed by atoms with Gasteiger partial charge in [0.15, 0.2) is 4.80 Å². The summed E-state index contributed by atoms with van der Waals surface area (Å²) in [6.07, 6.45) is 0.945. The maximum absolute atomic E-state index is 6.19. The van der Waals surface area contributed by atoms with Crippen LogP contribution < -0.4 is 9.54 Å². The van der Waals surface area contributed by atoms with E-state index < -0.39 is 0 Å². The van der Waals surface area contributed by atoms with E-state index in [1.165, 1.54) is 5.56 Å². The maximum atomic E-state index is 6.19. The normalized spacial score (nSPS) is 11.7. The van der Waals surface area contributed by atoms with E-state index in [2.05, 4.69) is 40.3 Å². The number of thiophene rings is 1. The minimum absolute atomic E-state index is 0.660. The summed E-state index contributed by atoms with van der Waals surface area (Å²) >= 11 is 9.44. The van der Waals surface area contributed by atoms with Gasteiger partial charge in [-0.1, -0.05) is 41.9 Å². The molecule has 4 aromatic rings. The van der Waals surface area contributed by atoms with Crippen LogP contribution in [0.1, 0.15) is 12.5 Å². The van der Waals surface area contributed by atoms with Gasteiger partial charge in [0.25, 0.3) is 0 Å². The Morgan fingerprint density at radius 3 is 2.48 bits per heavy atom. The molecule has 0 aliphatic rings. The molecule has 0 saturated carbocycles. The Morgan fingerprint density at radius 1 is 1.00 bits per heavy atom. The lowest BCUT2D eigenvalue weighted by molar-refractivity contribution is 0.340. The van der Waals surface area contributed by atoms with Gasteiger partial charge in [0.05, 0.1) is 27.2 Å². The van der Waals surface area contributed by atoms with Crippen LogP contribution >= 0.6 is 34.3 Å². The van der Waals surface area contributed by atoms with Crippen molar-refractivity contribution in [2.24, 2.45) is 4.99 Å². The molecule has 0 radical (unpaired) electrons. The van der Waals surface area contributed by atoms with Crippen LogP contribution in [-0.4, -0.2) is 11.2 Å². The third-order valence-corrected chi connectivity index (χ3v) is 6.58. The van der Waals surface area contributed by atoms with Crippen LogP contribution in [-0.2, 0) is 13.0 Å². The van der Waals surface area contributed by atoms with Gasteiger partial charge < -0.3 is 9.30 Å². The Bertz CT molecular complexity index is 1130. The molecule has 0 bridgehead atoms. The van der Waals surface area contributed by atoms with Gasteiger partial charge in [0, 0.05) is 11.9 Å².